The van der Waals surface area contributed by atoms with E-state index in [1.807, 2.05) is 24.3 Å². The van der Waals surface area contributed by atoms with E-state index in [-0.39, 0.29) is 21.6 Å². The van der Waals surface area contributed by atoms with Crippen LogP contribution >= 0.6 is 18.7 Å². The molecule has 1 aromatic heterocycles. The fourth-order valence-corrected chi connectivity index (χ4v) is 6.18. The predicted molar refractivity (Wildman–Crippen MR) is 149 cm³/mol. The van der Waals surface area contributed by atoms with Crippen molar-refractivity contribution in [2.24, 2.45) is 5.41 Å². The Labute approximate surface area is 220 Å². The molecule has 0 unspecified atom stereocenters. The Kier molecular flexibility index (Phi) is 6.83. The molecule has 3 heterocycles. The molecule has 37 heavy (non-hydrogen) atoms. The van der Waals surface area contributed by atoms with E-state index in [0.717, 1.165) is 39.0 Å². The normalized spacial score (nSPS) is 16.8. The van der Waals surface area contributed by atoms with E-state index in [1.165, 1.54) is 12.3 Å². The number of halogens is 1. The molecule has 2 aromatic carbocycles. The molecular formula is C25H29ClN7O3P. The molecular weight excluding hydrogens is 513 g/mol. The zero-order valence-electron chi connectivity index (χ0n) is 20.7. The van der Waals surface area contributed by atoms with Crippen LogP contribution in [0.3, 0.4) is 0 Å². The number of piperidine rings is 1. The number of nitro groups is 1. The lowest BCUT2D eigenvalue weighted by Crippen LogP contribution is -2.58. The van der Waals surface area contributed by atoms with Gasteiger partial charge in [0, 0.05) is 43.2 Å². The van der Waals surface area contributed by atoms with Crippen molar-refractivity contribution in [3.05, 3.63) is 63.8 Å². The van der Waals surface area contributed by atoms with Crippen LogP contribution in [0.25, 0.3) is 0 Å². The van der Waals surface area contributed by atoms with Gasteiger partial charge in [-0.1, -0.05) is 23.7 Å². The summed E-state index contributed by atoms with van der Waals surface area (Å²) in [5, 5.41) is 22.5. The molecule has 2 aliphatic rings. The lowest BCUT2D eigenvalue weighted by Gasteiger charge is -2.48. The highest BCUT2D eigenvalue weighted by Gasteiger charge is 2.40. The summed E-state index contributed by atoms with van der Waals surface area (Å²) in [6, 6.07) is 12.4. The summed E-state index contributed by atoms with van der Waals surface area (Å²) in [5.41, 5.74) is 2.15. The largest absolute Gasteiger partial charge is 0.366 e. The summed E-state index contributed by atoms with van der Waals surface area (Å²) in [4.78, 5) is 22.4. The number of nitrogens with zero attached hydrogens (tertiary/aromatic N) is 4. The van der Waals surface area contributed by atoms with E-state index in [1.54, 1.807) is 25.5 Å². The van der Waals surface area contributed by atoms with Gasteiger partial charge < -0.3 is 25.4 Å². The average Bonchev–Trinajstić information content (AvgIpc) is 2.85. The number of nitrogens with one attached hydrogen (secondary N) is 3. The summed E-state index contributed by atoms with van der Waals surface area (Å²) < 4.78 is 12.7. The summed E-state index contributed by atoms with van der Waals surface area (Å²) >= 11 is 6.34. The van der Waals surface area contributed by atoms with Crippen molar-refractivity contribution >= 4 is 58.6 Å². The number of benzene rings is 2. The highest BCUT2D eigenvalue weighted by atomic mass is 35.5. The maximum absolute atomic E-state index is 12.7. The summed E-state index contributed by atoms with van der Waals surface area (Å²) in [6.45, 7) is 7.07. The summed E-state index contributed by atoms with van der Waals surface area (Å²) in [5.74, 6) is 0.555. The fourth-order valence-electron chi connectivity index (χ4n) is 4.89. The number of aromatic nitrogens is 2. The van der Waals surface area contributed by atoms with Gasteiger partial charge in [0.15, 0.2) is 5.82 Å². The van der Waals surface area contributed by atoms with Crippen LogP contribution in [0.1, 0.15) is 12.8 Å². The summed E-state index contributed by atoms with van der Waals surface area (Å²) in [7, 11) is -2.55. The number of hydrogen-bond acceptors (Lipinski definition) is 9. The van der Waals surface area contributed by atoms with Crippen molar-refractivity contribution in [1.29, 1.82) is 0 Å². The van der Waals surface area contributed by atoms with Gasteiger partial charge >= 0.3 is 0 Å². The van der Waals surface area contributed by atoms with Gasteiger partial charge in [-0.15, -0.1) is 0 Å². The standard InChI is InChI=1S/C25H29ClN7O3P/c1-37(2,36)22-6-4-3-5-19(22)30-23-18(26)14-28-24(31-23)29-17-7-8-20(21(13-17)33(34)35)32-11-9-25(10-12-32)15-27-16-25/h3-8,13-14,27H,9-12,15-16H2,1-2H3,(H2,28,29,30,31). The van der Waals surface area contributed by atoms with Crippen molar-refractivity contribution in [1.82, 2.24) is 15.3 Å². The van der Waals surface area contributed by atoms with Gasteiger partial charge in [0.2, 0.25) is 5.95 Å². The van der Waals surface area contributed by atoms with E-state index < -0.39 is 7.14 Å². The Balaban J connectivity index is 1.36. The number of rotatable bonds is 7. The van der Waals surface area contributed by atoms with Gasteiger partial charge in [-0.2, -0.15) is 4.98 Å². The van der Waals surface area contributed by atoms with Crippen LogP contribution in [0, 0.1) is 15.5 Å². The molecule has 0 amide bonds. The molecule has 0 bridgehead atoms. The van der Waals surface area contributed by atoms with Crippen molar-refractivity contribution in [3.63, 3.8) is 0 Å². The molecule has 3 N–H and O–H groups in total. The molecule has 2 fully saturated rings. The van der Waals surface area contributed by atoms with E-state index in [0.29, 0.717) is 33.6 Å². The van der Waals surface area contributed by atoms with Crippen molar-refractivity contribution in [2.75, 3.05) is 55.0 Å². The average molecular weight is 542 g/mol. The van der Waals surface area contributed by atoms with Crippen LogP contribution in [0.4, 0.5) is 34.5 Å². The molecule has 2 aliphatic heterocycles. The molecule has 194 valence electrons. The van der Waals surface area contributed by atoms with E-state index >= 15 is 0 Å². The number of para-hydroxylation sites is 1. The predicted octanol–water partition coefficient (Wildman–Crippen LogP) is 4.96. The molecule has 5 rings (SSSR count). The van der Waals surface area contributed by atoms with Crippen LogP contribution in [0.5, 0.6) is 0 Å². The molecule has 2 saturated heterocycles. The third-order valence-electron chi connectivity index (χ3n) is 7.07. The Bertz CT molecular complexity index is 1380. The van der Waals surface area contributed by atoms with Crippen molar-refractivity contribution in [3.8, 4) is 0 Å². The van der Waals surface area contributed by atoms with Gasteiger partial charge in [0.05, 0.1) is 16.8 Å². The van der Waals surface area contributed by atoms with Crippen LogP contribution in [-0.2, 0) is 4.57 Å². The third-order valence-corrected chi connectivity index (χ3v) is 8.90. The van der Waals surface area contributed by atoms with Gasteiger partial charge in [-0.05, 0) is 55.9 Å². The van der Waals surface area contributed by atoms with Crippen LogP contribution < -0.4 is 26.2 Å². The zero-order chi connectivity index (χ0) is 26.2. The Morgan fingerprint density at radius 1 is 1.14 bits per heavy atom. The van der Waals surface area contributed by atoms with Gasteiger partial charge in [-0.3, -0.25) is 10.1 Å². The van der Waals surface area contributed by atoms with Crippen LogP contribution in [0.15, 0.2) is 48.7 Å². The van der Waals surface area contributed by atoms with Crippen LogP contribution in [0.2, 0.25) is 5.02 Å². The summed E-state index contributed by atoms with van der Waals surface area (Å²) in [6.07, 6.45) is 3.50. The second-order valence-electron chi connectivity index (χ2n) is 10.1. The number of hydrogen-bond donors (Lipinski definition) is 3. The molecule has 0 atom stereocenters. The first-order valence-corrected chi connectivity index (χ1v) is 15.1. The lowest BCUT2D eigenvalue weighted by molar-refractivity contribution is -0.384. The first kappa shape index (κ1) is 25.4. The quantitative estimate of drug-likeness (QED) is 0.216. The van der Waals surface area contributed by atoms with Gasteiger partial charge in [0.25, 0.3) is 5.69 Å². The molecule has 10 nitrogen and oxygen atoms in total. The number of anilines is 5. The minimum Gasteiger partial charge on any atom is -0.366 e. The second-order valence-corrected chi connectivity index (χ2v) is 13.7. The monoisotopic (exact) mass is 541 g/mol. The SMILES string of the molecule is CP(C)(=O)c1ccccc1Nc1nc(Nc2ccc(N3CCC4(CC3)CNC4)c([N+](=O)[O-])c2)ncc1Cl. The molecule has 1 spiro atoms. The molecule has 0 radical (unpaired) electrons. The first-order valence-electron chi connectivity index (χ1n) is 12.1. The second kappa shape index (κ2) is 9.93. The highest BCUT2D eigenvalue weighted by molar-refractivity contribution is 7.70. The minimum absolute atomic E-state index is 0.0376. The number of nitro benzene ring substituents is 1. The van der Waals surface area contributed by atoms with Crippen molar-refractivity contribution in [2.45, 2.75) is 12.8 Å². The van der Waals surface area contributed by atoms with Gasteiger partial charge in [0.1, 0.15) is 17.9 Å². The van der Waals surface area contributed by atoms with E-state index in [9.17, 15) is 14.7 Å². The molecule has 0 aliphatic carbocycles. The highest BCUT2D eigenvalue weighted by Crippen LogP contribution is 2.40. The Morgan fingerprint density at radius 3 is 2.51 bits per heavy atom. The van der Waals surface area contributed by atoms with Gasteiger partial charge in [-0.25, -0.2) is 4.98 Å². The lowest BCUT2D eigenvalue weighted by atomic mass is 9.73. The topological polar surface area (TPSA) is 125 Å². The molecule has 12 heteroatoms. The minimum atomic E-state index is -2.55. The third kappa shape index (κ3) is 5.42. The Hall–Kier alpha value is -3.20. The van der Waals surface area contributed by atoms with Crippen molar-refractivity contribution < 1.29 is 9.49 Å². The maximum Gasteiger partial charge on any atom is 0.294 e. The fraction of sp³-hybridized carbons (Fsp3) is 0.360. The molecule has 0 saturated carbocycles. The smallest absolute Gasteiger partial charge is 0.294 e. The maximum atomic E-state index is 12.7. The van der Waals surface area contributed by atoms with Crippen LogP contribution in [-0.4, -0.2) is 54.4 Å². The Morgan fingerprint density at radius 2 is 1.86 bits per heavy atom. The first-order chi connectivity index (χ1) is 17.6. The van der Waals surface area contributed by atoms with E-state index in [4.69, 9.17) is 11.6 Å². The molecule has 3 aromatic rings. The zero-order valence-corrected chi connectivity index (χ0v) is 22.4. The van der Waals surface area contributed by atoms with E-state index in [2.05, 4.69) is 30.8 Å².